The molecule has 0 heterocycles. The van der Waals surface area contributed by atoms with Crippen molar-refractivity contribution in [3.8, 4) is 0 Å². The van der Waals surface area contributed by atoms with E-state index in [4.69, 9.17) is 0 Å². The number of carbonyl (C=O) groups excluding carboxylic acids is 1. The maximum atomic E-state index is 13.8. The average molecular weight is 325 g/mol. The topological polar surface area (TPSA) is 17.1 Å². The third kappa shape index (κ3) is 2.59. The molecule has 0 fully saturated rings. The van der Waals surface area contributed by atoms with Gasteiger partial charge in [0, 0.05) is 10.0 Å². The van der Waals surface area contributed by atoms with Gasteiger partial charge in [-0.15, -0.1) is 0 Å². The highest BCUT2D eigenvalue weighted by Gasteiger charge is 2.21. The highest BCUT2D eigenvalue weighted by Crippen LogP contribution is 2.26. The molecule has 0 aliphatic carbocycles. The molecule has 98 valence electrons. The Balaban J connectivity index is 2.64. The summed E-state index contributed by atoms with van der Waals surface area (Å²) in [6.07, 6.45) is 0. The fraction of sp³-hybridized carbons (Fsp3) is 0.133. The molecule has 2 rings (SSSR count). The fourth-order valence-electron chi connectivity index (χ4n) is 2.11. The summed E-state index contributed by atoms with van der Waals surface area (Å²) in [5.74, 6) is -1.44. The van der Waals surface area contributed by atoms with Crippen LogP contribution in [0.1, 0.15) is 27.0 Å². The second-order valence-electron chi connectivity index (χ2n) is 4.34. The standard InChI is InChI=1S/C15H11BrF2O/c1-8-6-10(17)7-9(2)13(8)15(19)14-11(16)4-3-5-12(14)18/h3-7H,1-2H3. The predicted molar refractivity (Wildman–Crippen MR) is 73.4 cm³/mol. The molecule has 0 saturated heterocycles. The van der Waals surface area contributed by atoms with Crippen LogP contribution in [0.2, 0.25) is 0 Å². The molecule has 2 aromatic carbocycles. The molecular formula is C15H11BrF2O. The number of aryl methyl sites for hydroxylation is 2. The second-order valence-corrected chi connectivity index (χ2v) is 5.19. The van der Waals surface area contributed by atoms with Crippen LogP contribution in [0, 0.1) is 25.5 Å². The van der Waals surface area contributed by atoms with Crippen LogP contribution >= 0.6 is 15.9 Å². The van der Waals surface area contributed by atoms with Gasteiger partial charge in [0.05, 0.1) is 5.56 Å². The highest BCUT2D eigenvalue weighted by molar-refractivity contribution is 9.10. The van der Waals surface area contributed by atoms with Gasteiger partial charge in [0.15, 0.2) is 5.78 Å². The minimum Gasteiger partial charge on any atom is -0.288 e. The van der Waals surface area contributed by atoms with Crippen LogP contribution in [0.3, 0.4) is 0 Å². The maximum absolute atomic E-state index is 13.8. The van der Waals surface area contributed by atoms with Crippen LogP contribution in [0.5, 0.6) is 0 Å². The highest BCUT2D eigenvalue weighted by atomic mass is 79.9. The van der Waals surface area contributed by atoms with Crippen molar-refractivity contribution in [3.63, 3.8) is 0 Å². The summed E-state index contributed by atoms with van der Waals surface area (Å²) in [5, 5.41) is 0. The van der Waals surface area contributed by atoms with Crippen molar-refractivity contribution >= 4 is 21.7 Å². The molecule has 0 aromatic heterocycles. The first-order valence-electron chi connectivity index (χ1n) is 5.67. The Kier molecular flexibility index (Phi) is 3.80. The molecule has 0 spiro atoms. The van der Waals surface area contributed by atoms with Gasteiger partial charge in [0.1, 0.15) is 11.6 Å². The fourth-order valence-corrected chi connectivity index (χ4v) is 2.63. The minimum atomic E-state index is -0.595. The van der Waals surface area contributed by atoms with Crippen molar-refractivity contribution in [1.29, 1.82) is 0 Å². The van der Waals surface area contributed by atoms with Crippen LogP contribution in [0.25, 0.3) is 0 Å². The number of halogens is 3. The van der Waals surface area contributed by atoms with Crippen molar-refractivity contribution in [1.82, 2.24) is 0 Å². The molecule has 0 unspecified atom stereocenters. The normalized spacial score (nSPS) is 10.6. The van der Waals surface area contributed by atoms with Crippen molar-refractivity contribution in [3.05, 3.63) is 68.7 Å². The largest absolute Gasteiger partial charge is 0.288 e. The van der Waals surface area contributed by atoms with Gasteiger partial charge in [-0.25, -0.2) is 8.78 Å². The van der Waals surface area contributed by atoms with Crippen LogP contribution in [-0.4, -0.2) is 5.78 Å². The van der Waals surface area contributed by atoms with Gasteiger partial charge < -0.3 is 0 Å². The molecule has 0 radical (unpaired) electrons. The molecule has 0 aliphatic rings. The van der Waals surface area contributed by atoms with Gasteiger partial charge in [-0.05, 0) is 65.2 Å². The van der Waals surface area contributed by atoms with E-state index < -0.39 is 17.4 Å². The Morgan fingerprint density at radius 1 is 1.05 bits per heavy atom. The molecule has 1 nitrogen and oxygen atoms in total. The number of benzene rings is 2. The van der Waals surface area contributed by atoms with Crippen LogP contribution in [0.15, 0.2) is 34.8 Å². The smallest absolute Gasteiger partial charge is 0.197 e. The van der Waals surface area contributed by atoms with Crippen LogP contribution < -0.4 is 0 Å². The third-order valence-corrected chi connectivity index (χ3v) is 3.58. The molecule has 0 aliphatic heterocycles. The summed E-state index contributed by atoms with van der Waals surface area (Å²) in [6.45, 7) is 3.27. The van der Waals surface area contributed by atoms with Crippen molar-refractivity contribution in [2.45, 2.75) is 13.8 Å². The summed E-state index contributed by atoms with van der Waals surface area (Å²) >= 11 is 3.17. The number of carbonyl (C=O) groups is 1. The Labute approximate surface area is 118 Å². The Hall–Kier alpha value is -1.55. The van der Waals surface area contributed by atoms with Gasteiger partial charge in [-0.3, -0.25) is 4.79 Å². The first kappa shape index (κ1) is 13.9. The van der Waals surface area contributed by atoms with E-state index in [0.717, 1.165) is 0 Å². The third-order valence-electron chi connectivity index (χ3n) is 2.91. The summed E-state index contributed by atoms with van der Waals surface area (Å²) in [6, 6.07) is 6.89. The van der Waals surface area contributed by atoms with Gasteiger partial charge in [-0.2, -0.15) is 0 Å². The molecule has 0 N–H and O–H groups in total. The van der Waals surface area contributed by atoms with Crippen molar-refractivity contribution < 1.29 is 13.6 Å². The van der Waals surface area contributed by atoms with E-state index in [2.05, 4.69) is 15.9 Å². The van der Waals surface area contributed by atoms with E-state index in [0.29, 0.717) is 21.2 Å². The van der Waals surface area contributed by atoms with Gasteiger partial charge in [0.25, 0.3) is 0 Å². The quantitative estimate of drug-likeness (QED) is 0.739. The first-order chi connectivity index (χ1) is 8.91. The van der Waals surface area contributed by atoms with Crippen molar-refractivity contribution in [2.75, 3.05) is 0 Å². The molecule has 0 amide bonds. The summed E-state index contributed by atoms with van der Waals surface area (Å²) in [7, 11) is 0. The maximum Gasteiger partial charge on any atom is 0.197 e. The lowest BCUT2D eigenvalue weighted by Gasteiger charge is -2.11. The zero-order valence-electron chi connectivity index (χ0n) is 10.4. The molecule has 0 atom stereocenters. The molecule has 0 bridgehead atoms. The molecule has 4 heteroatoms. The van der Waals surface area contributed by atoms with Gasteiger partial charge >= 0.3 is 0 Å². The lowest BCUT2D eigenvalue weighted by atomic mass is 9.94. The Morgan fingerprint density at radius 2 is 1.63 bits per heavy atom. The summed E-state index contributed by atoms with van der Waals surface area (Å²) in [5.41, 5.74) is 1.31. The SMILES string of the molecule is Cc1cc(F)cc(C)c1C(=O)c1c(F)cccc1Br. The van der Waals surface area contributed by atoms with E-state index in [1.54, 1.807) is 19.9 Å². The lowest BCUT2D eigenvalue weighted by molar-refractivity contribution is 0.103. The van der Waals surface area contributed by atoms with Crippen LogP contribution in [-0.2, 0) is 0 Å². The van der Waals surface area contributed by atoms with Gasteiger partial charge in [0.2, 0.25) is 0 Å². The number of rotatable bonds is 2. The molecule has 19 heavy (non-hydrogen) atoms. The molecule has 2 aromatic rings. The second kappa shape index (κ2) is 5.21. The van der Waals surface area contributed by atoms with E-state index in [1.165, 1.54) is 24.3 Å². The van der Waals surface area contributed by atoms with Crippen LogP contribution in [0.4, 0.5) is 8.78 Å². The Morgan fingerprint density at radius 3 is 2.16 bits per heavy atom. The predicted octanol–water partition coefficient (Wildman–Crippen LogP) is 4.58. The molecular weight excluding hydrogens is 314 g/mol. The minimum absolute atomic E-state index is 0.0275. The summed E-state index contributed by atoms with van der Waals surface area (Å²) in [4.78, 5) is 12.4. The molecule has 0 saturated carbocycles. The van der Waals surface area contributed by atoms with E-state index >= 15 is 0 Å². The van der Waals surface area contributed by atoms with E-state index in [-0.39, 0.29) is 5.56 Å². The summed E-state index contributed by atoms with van der Waals surface area (Å²) < 4.78 is 27.4. The number of ketones is 1. The Bertz CT molecular complexity index is 622. The van der Waals surface area contributed by atoms with E-state index in [1.807, 2.05) is 0 Å². The van der Waals surface area contributed by atoms with E-state index in [9.17, 15) is 13.6 Å². The zero-order chi connectivity index (χ0) is 14.2. The number of hydrogen-bond donors (Lipinski definition) is 0. The monoisotopic (exact) mass is 324 g/mol. The first-order valence-corrected chi connectivity index (χ1v) is 6.46. The average Bonchev–Trinajstić information content (AvgIpc) is 2.26. The lowest BCUT2D eigenvalue weighted by Crippen LogP contribution is -2.10. The number of hydrogen-bond acceptors (Lipinski definition) is 1. The van der Waals surface area contributed by atoms with Crippen molar-refractivity contribution in [2.24, 2.45) is 0 Å². The zero-order valence-corrected chi connectivity index (χ0v) is 12.0. The van der Waals surface area contributed by atoms with Gasteiger partial charge in [-0.1, -0.05) is 6.07 Å².